The number of carbonyl (C=O) groups excluding carboxylic acids is 1. The number of pyridine rings is 1. The van der Waals surface area contributed by atoms with Crippen molar-refractivity contribution in [3.63, 3.8) is 0 Å². The molecular weight excluding hydrogens is 236 g/mol. The number of hydrogen-bond acceptors (Lipinski definition) is 3. The van der Waals surface area contributed by atoms with E-state index in [0.717, 1.165) is 0 Å². The summed E-state index contributed by atoms with van der Waals surface area (Å²) in [7, 11) is 1.69. The molecule has 2 aromatic heterocycles. The molecule has 1 N–H and O–H groups in total. The SMILES string of the molecule is Cn1cccc(CNC(=O)c2cccs2)c1=O. The fourth-order valence-electron chi connectivity index (χ4n) is 1.46. The van der Waals surface area contributed by atoms with E-state index in [1.54, 1.807) is 31.4 Å². The summed E-state index contributed by atoms with van der Waals surface area (Å²) in [6, 6.07) is 7.08. The van der Waals surface area contributed by atoms with Crippen LogP contribution in [0, 0.1) is 0 Å². The molecular formula is C12H12N2O2S. The molecule has 2 heterocycles. The average Bonchev–Trinajstić information content (AvgIpc) is 2.84. The van der Waals surface area contributed by atoms with Crippen molar-refractivity contribution in [2.45, 2.75) is 6.54 Å². The van der Waals surface area contributed by atoms with E-state index in [9.17, 15) is 9.59 Å². The highest BCUT2D eigenvalue weighted by atomic mass is 32.1. The van der Waals surface area contributed by atoms with Gasteiger partial charge in [-0.3, -0.25) is 9.59 Å². The molecule has 0 fully saturated rings. The smallest absolute Gasteiger partial charge is 0.261 e. The van der Waals surface area contributed by atoms with Crippen molar-refractivity contribution in [3.8, 4) is 0 Å². The molecule has 17 heavy (non-hydrogen) atoms. The van der Waals surface area contributed by atoms with Gasteiger partial charge in [-0.15, -0.1) is 11.3 Å². The molecule has 5 heteroatoms. The molecule has 0 saturated heterocycles. The second-order valence-electron chi connectivity index (χ2n) is 3.61. The van der Waals surface area contributed by atoms with Crippen molar-refractivity contribution in [1.82, 2.24) is 9.88 Å². The van der Waals surface area contributed by atoms with Gasteiger partial charge in [-0.25, -0.2) is 0 Å². The molecule has 0 atom stereocenters. The van der Waals surface area contributed by atoms with Crippen LogP contribution in [0.3, 0.4) is 0 Å². The number of nitrogens with zero attached hydrogens (tertiary/aromatic N) is 1. The Morgan fingerprint density at radius 3 is 2.94 bits per heavy atom. The Morgan fingerprint density at radius 1 is 1.41 bits per heavy atom. The second-order valence-corrected chi connectivity index (χ2v) is 4.56. The monoisotopic (exact) mass is 248 g/mol. The number of hydrogen-bond donors (Lipinski definition) is 1. The second kappa shape index (κ2) is 4.97. The first-order chi connectivity index (χ1) is 8.18. The molecule has 0 bridgehead atoms. The third kappa shape index (κ3) is 2.62. The lowest BCUT2D eigenvalue weighted by Crippen LogP contribution is -2.28. The third-order valence-electron chi connectivity index (χ3n) is 2.39. The number of rotatable bonds is 3. The fourth-order valence-corrected chi connectivity index (χ4v) is 2.10. The predicted octanol–water partition coefficient (Wildman–Crippen LogP) is 1.38. The Hall–Kier alpha value is -1.88. The van der Waals surface area contributed by atoms with E-state index in [0.29, 0.717) is 10.4 Å². The van der Waals surface area contributed by atoms with E-state index in [2.05, 4.69) is 5.32 Å². The molecule has 0 aliphatic heterocycles. The summed E-state index contributed by atoms with van der Waals surface area (Å²) in [5.41, 5.74) is 0.499. The van der Waals surface area contributed by atoms with Crippen LogP contribution < -0.4 is 10.9 Å². The number of thiophene rings is 1. The van der Waals surface area contributed by atoms with Crippen LogP contribution in [0.15, 0.2) is 40.6 Å². The normalized spacial score (nSPS) is 10.2. The van der Waals surface area contributed by atoms with Crippen molar-refractivity contribution in [1.29, 1.82) is 0 Å². The van der Waals surface area contributed by atoms with Crippen molar-refractivity contribution < 1.29 is 4.79 Å². The maximum Gasteiger partial charge on any atom is 0.261 e. The lowest BCUT2D eigenvalue weighted by Gasteiger charge is -2.04. The minimum atomic E-state index is -0.147. The van der Waals surface area contributed by atoms with Gasteiger partial charge in [0.1, 0.15) is 0 Å². The Balaban J connectivity index is 2.06. The summed E-state index contributed by atoms with van der Waals surface area (Å²) in [5, 5.41) is 4.57. The predicted molar refractivity (Wildman–Crippen MR) is 67.2 cm³/mol. The maximum atomic E-state index is 11.7. The van der Waals surface area contributed by atoms with Crippen molar-refractivity contribution in [2.24, 2.45) is 7.05 Å². The first kappa shape index (κ1) is 11.6. The van der Waals surface area contributed by atoms with Gasteiger partial charge in [0.2, 0.25) is 0 Å². The quantitative estimate of drug-likeness (QED) is 0.892. The Kier molecular flexibility index (Phi) is 3.39. The molecule has 2 aromatic rings. The number of aromatic nitrogens is 1. The summed E-state index contributed by atoms with van der Waals surface area (Å²) in [6.45, 7) is 0.254. The van der Waals surface area contributed by atoms with Crippen LogP contribution in [0.25, 0.3) is 0 Å². The summed E-state index contributed by atoms with van der Waals surface area (Å²) in [6.07, 6.45) is 1.69. The average molecular weight is 248 g/mol. The van der Waals surface area contributed by atoms with Gasteiger partial charge in [0.25, 0.3) is 11.5 Å². The molecule has 0 unspecified atom stereocenters. The standard InChI is InChI=1S/C12H12N2O2S/c1-14-6-2-4-9(12(14)16)8-13-11(15)10-5-3-7-17-10/h2-7H,8H2,1H3,(H,13,15). The highest BCUT2D eigenvalue weighted by Gasteiger charge is 2.07. The van der Waals surface area contributed by atoms with Crippen LogP contribution in [0.1, 0.15) is 15.2 Å². The topological polar surface area (TPSA) is 51.1 Å². The van der Waals surface area contributed by atoms with Gasteiger partial charge in [-0.05, 0) is 17.5 Å². The first-order valence-electron chi connectivity index (χ1n) is 5.14. The number of aryl methyl sites for hydroxylation is 1. The van der Waals surface area contributed by atoms with Gasteiger partial charge < -0.3 is 9.88 Å². The van der Waals surface area contributed by atoms with Gasteiger partial charge in [0.15, 0.2) is 0 Å². The van der Waals surface area contributed by atoms with E-state index in [1.807, 2.05) is 11.4 Å². The molecule has 1 amide bonds. The Labute approximate surface area is 103 Å². The zero-order chi connectivity index (χ0) is 12.3. The molecule has 0 aromatic carbocycles. The van der Waals surface area contributed by atoms with E-state index in [1.165, 1.54) is 15.9 Å². The summed E-state index contributed by atoms with van der Waals surface area (Å²) in [4.78, 5) is 24.0. The molecule has 88 valence electrons. The largest absolute Gasteiger partial charge is 0.347 e. The molecule has 0 spiro atoms. The van der Waals surface area contributed by atoms with E-state index in [4.69, 9.17) is 0 Å². The van der Waals surface area contributed by atoms with Crippen LogP contribution in [-0.2, 0) is 13.6 Å². The minimum absolute atomic E-state index is 0.0843. The summed E-state index contributed by atoms with van der Waals surface area (Å²) < 4.78 is 1.49. The van der Waals surface area contributed by atoms with Gasteiger partial charge >= 0.3 is 0 Å². The Morgan fingerprint density at radius 2 is 2.24 bits per heavy atom. The first-order valence-corrected chi connectivity index (χ1v) is 6.02. The van der Waals surface area contributed by atoms with Crippen molar-refractivity contribution in [3.05, 3.63) is 56.6 Å². The van der Waals surface area contributed by atoms with Gasteiger partial charge in [-0.1, -0.05) is 12.1 Å². The lowest BCUT2D eigenvalue weighted by atomic mass is 10.2. The zero-order valence-electron chi connectivity index (χ0n) is 9.34. The van der Waals surface area contributed by atoms with Crippen LogP contribution in [0.5, 0.6) is 0 Å². The van der Waals surface area contributed by atoms with Gasteiger partial charge in [-0.2, -0.15) is 0 Å². The summed E-state index contributed by atoms with van der Waals surface area (Å²) in [5.74, 6) is -0.147. The zero-order valence-corrected chi connectivity index (χ0v) is 10.2. The Bertz CT molecular complexity index is 572. The fraction of sp³-hybridized carbons (Fsp3) is 0.167. The maximum absolute atomic E-state index is 11.7. The molecule has 4 nitrogen and oxygen atoms in total. The lowest BCUT2D eigenvalue weighted by molar-refractivity contribution is 0.0955. The molecule has 0 aliphatic rings. The summed E-state index contributed by atoms with van der Waals surface area (Å²) >= 11 is 1.38. The number of amides is 1. The van der Waals surface area contributed by atoms with Crippen molar-refractivity contribution >= 4 is 17.2 Å². The molecule has 0 saturated carbocycles. The molecule has 2 rings (SSSR count). The van der Waals surface area contributed by atoms with Crippen LogP contribution >= 0.6 is 11.3 Å². The van der Waals surface area contributed by atoms with Crippen LogP contribution in [-0.4, -0.2) is 10.5 Å². The highest BCUT2D eigenvalue weighted by molar-refractivity contribution is 7.12. The van der Waals surface area contributed by atoms with Gasteiger partial charge in [0, 0.05) is 25.4 Å². The molecule has 0 aliphatic carbocycles. The van der Waals surface area contributed by atoms with E-state index >= 15 is 0 Å². The number of nitrogens with one attached hydrogen (secondary N) is 1. The van der Waals surface area contributed by atoms with E-state index in [-0.39, 0.29) is 18.0 Å². The number of carbonyl (C=O) groups is 1. The molecule has 0 radical (unpaired) electrons. The van der Waals surface area contributed by atoms with Crippen LogP contribution in [0.4, 0.5) is 0 Å². The van der Waals surface area contributed by atoms with Gasteiger partial charge in [0.05, 0.1) is 4.88 Å². The third-order valence-corrected chi connectivity index (χ3v) is 3.26. The minimum Gasteiger partial charge on any atom is -0.347 e. The van der Waals surface area contributed by atoms with Crippen molar-refractivity contribution in [2.75, 3.05) is 0 Å². The van der Waals surface area contributed by atoms with Crippen LogP contribution in [0.2, 0.25) is 0 Å². The van der Waals surface area contributed by atoms with E-state index < -0.39 is 0 Å². The highest BCUT2D eigenvalue weighted by Crippen LogP contribution is 2.07.